The van der Waals surface area contributed by atoms with Crippen molar-refractivity contribution >= 4 is 17.7 Å². The number of carbonyl (C=O) groups excluding carboxylic acids is 1. The molecule has 6 heteroatoms. The van der Waals surface area contributed by atoms with Gasteiger partial charge >= 0.3 is 5.97 Å². The van der Waals surface area contributed by atoms with Gasteiger partial charge in [0.15, 0.2) is 0 Å². The summed E-state index contributed by atoms with van der Waals surface area (Å²) in [5.74, 6) is 1.32. The standard InChI is InChI=1S/C28H40O5S/c1-18(2)15-33-26(31)19-9-11-21(12-10-19)32-16-20(29)17-34-22-13-23(27(3,4)5)25(30)24(14-22)28(6,7)8/h9-14,18,20,29-30H,15-17H2,1-8H3. The number of aromatic hydroxyl groups is 1. The van der Waals surface area contributed by atoms with E-state index in [1.165, 1.54) is 0 Å². The number of carbonyl (C=O) groups is 1. The Hall–Kier alpha value is -2.18. The highest BCUT2D eigenvalue weighted by Gasteiger charge is 2.26. The second-order valence-corrected chi connectivity index (χ2v) is 12.3. The van der Waals surface area contributed by atoms with E-state index in [1.807, 2.05) is 26.0 Å². The number of aliphatic hydroxyl groups is 1. The van der Waals surface area contributed by atoms with Gasteiger partial charge < -0.3 is 19.7 Å². The molecule has 2 rings (SSSR count). The molecule has 1 unspecified atom stereocenters. The Labute approximate surface area is 208 Å². The lowest BCUT2D eigenvalue weighted by molar-refractivity contribution is 0.0458. The fraction of sp³-hybridized carbons (Fsp3) is 0.536. The maximum atomic E-state index is 12.0. The number of phenolic OH excluding ortho intramolecular Hbond substituents is 1. The van der Waals surface area contributed by atoms with Crippen LogP contribution in [0.5, 0.6) is 11.5 Å². The average molecular weight is 489 g/mol. The lowest BCUT2D eigenvalue weighted by atomic mass is 9.79. The normalized spacial score (nSPS) is 13.1. The molecule has 0 spiro atoms. The van der Waals surface area contributed by atoms with Crippen molar-refractivity contribution in [1.82, 2.24) is 0 Å². The van der Waals surface area contributed by atoms with Crippen molar-refractivity contribution in [3.05, 3.63) is 53.1 Å². The number of esters is 1. The summed E-state index contributed by atoms with van der Waals surface area (Å²) in [4.78, 5) is 13.0. The molecule has 0 aliphatic carbocycles. The van der Waals surface area contributed by atoms with Gasteiger partial charge in [-0.25, -0.2) is 4.79 Å². The predicted octanol–water partition coefficient (Wildman–Crippen LogP) is 6.33. The van der Waals surface area contributed by atoms with Crippen molar-refractivity contribution < 1.29 is 24.5 Å². The molecule has 5 nitrogen and oxygen atoms in total. The molecule has 0 saturated carbocycles. The molecule has 0 aromatic heterocycles. The molecule has 34 heavy (non-hydrogen) atoms. The average Bonchev–Trinajstić information content (AvgIpc) is 2.74. The molecule has 0 radical (unpaired) electrons. The van der Waals surface area contributed by atoms with Crippen molar-refractivity contribution in [3.8, 4) is 11.5 Å². The van der Waals surface area contributed by atoms with Gasteiger partial charge in [0.05, 0.1) is 18.3 Å². The van der Waals surface area contributed by atoms with E-state index >= 15 is 0 Å². The van der Waals surface area contributed by atoms with Crippen molar-refractivity contribution in [2.45, 2.75) is 77.2 Å². The number of aliphatic hydroxyl groups excluding tert-OH is 1. The van der Waals surface area contributed by atoms with E-state index in [1.54, 1.807) is 36.0 Å². The first-order valence-corrected chi connectivity index (χ1v) is 12.8. The van der Waals surface area contributed by atoms with Gasteiger partial charge in [0, 0.05) is 21.8 Å². The van der Waals surface area contributed by atoms with E-state index in [0.717, 1.165) is 16.0 Å². The van der Waals surface area contributed by atoms with Gasteiger partial charge in [0.25, 0.3) is 0 Å². The Kier molecular flexibility index (Phi) is 9.49. The predicted molar refractivity (Wildman–Crippen MR) is 139 cm³/mol. The number of rotatable bonds is 9. The van der Waals surface area contributed by atoms with Gasteiger partial charge in [-0.05, 0) is 53.1 Å². The minimum absolute atomic E-state index is 0.139. The van der Waals surface area contributed by atoms with Crippen LogP contribution in [0.25, 0.3) is 0 Å². The van der Waals surface area contributed by atoms with E-state index in [-0.39, 0.29) is 29.3 Å². The highest BCUT2D eigenvalue weighted by molar-refractivity contribution is 7.99. The number of hydrogen-bond acceptors (Lipinski definition) is 6. The first-order chi connectivity index (χ1) is 15.7. The fourth-order valence-electron chi connectivity index (χ4n) is 3.28. The van der Waals surface area contributed by atoms with Gasteiger partial charge in [-0.15, -0.1) is 11.8 Å². The summed E-state index contributed by atoms with van der Waals surface area (Å²) in [5, 5.41) is 21.4. The molecule has 0 bridgehead atoms. The van der Waals surface area contributed by atoms with Crippen molar-refractivity contribution in [3.63, 3.8) is 0 Å². The summed E-state index contributed by atoms with van der Waals surface area (Å²) in [5.41, 5.74) is 1.88. The summed E-state index contributed by atoms with van der Waals surface area (Å²) < 4.78 is 10.9. The minimum atomic E-state index is -0.675. The molecular formula is C28H40O5S. The van der Waals surface area contributed by atoms with E-state index in [9.17, 15) is 15.0 Å². The Morgan fingerprint density at radius 1 is 0.941 bits per heavy atom. The monoisotopic (exact) mass is 488 g/mol. The maximum Gasteiger partial charge on any atom is 0.338 e. The number of thioether (sulfide) groups is 1. The third-order valence-electron chi connectivity index (χ3n) is 5.22. The molecule has 0 heterocycles. The van der Waals surface area contributed by atoms with Crippen LogP contribution in [0.2, 0.25) is 0 Å². The summed E-state index contributed by atoms with van der Waals surface area (Å²) in [7, 11) is 0. The van der Waals surface area contributed by atoms with E-state index in [4.69, 9.17) is 9.47 Å². The molecule has 188 valence electrons. The zero-order valence-electron chi connectivity index (χ0n) is 21.8. The van der Waals surface area contributed by atoms with Crippen LogP contribution >= 0.6 is 11.8 Å². The van der Waals surface area contributed by atoms with Crippen LogP contribution in [0.3, 0.4) is 0 Å². The lowest BCUT2D eigenvalue weighted by Gasteiger charge is -2.28. The summed E-state index contributed by atoms with van der Waals surface area (Å²) in [6, 6.07) is 10.8. The third kappa shape index (κ3) is 8.24. The Morgan fingerprint density at radius 2 is 1.47 bits per heavy atom. The second kappa shape index (κ2) is 11.5. The molecule has 1 atom stereocenters. The summed E-state index contributed by atoms with van der Waals surface area (Å²) >= 11 is 1.54. The van der Waals surface area contributed by atoms with Gasteiger partial charge in [-0.2, -0.15) is 0 Å². The molecule has 0 aliphatic rings. The smallest absolute Gasteiger partial charge is 0.338 e. The molecule has 0 amide bonds. The van der Waals surface area contributed by atoms with Crippen molar-refractivity contribution in [1.29, 1.82) is 0 Å². The van der Waals surface area contributed by atoms with Crippen molar-refractivity contribution in [2.24, 2.45) is 5.92 Å². The first kappa shape index (κ1) is 28.1. The quantitative estimate of drug-likeness (QED) is 0.317. The Morgan fingerprint density at radius 3 is 1.94 bits per heavy atom. The van der Waals surface area contributed by atoms with E-state index in [0.29, 0.717) is 29.4 Å². The second-order valence-electron chi connectivity index (χ2n) is 11.2. The molecule has 0 fully saturated rings. The minimum Gasteiger partial charge on any atom is -0.507 e. The zero-order chi connectivity index (χ0) is 25.7. The number of ether oxygens (including phenoxy) is 2. The van der Waals surface area contributed by atoms with Gasteiger partial charge in [0.1, 0.15) is 18.1 Å². The van der Waals surface area contributed by atoms with Crippen LogP contribution in [0.1, 0.15) is 76.9 Å². The Bertz CT molecular complexity index is 917. The molecule has 0 aliphatic heterocycles. The number of phenols is 1. The molecule has 2 aromatic carbocycles. The largest absolute Gasteiger partial charge is 0.507 e. The van der Waals surface area contributed by atoms with Gasteiger partial charge in [-0.1, -0.05) is 55.4 Å². The lowest BCUT2D eigenvalue weighted by Crippen LogP contribution is -2.20. The molecule has 0 saturated heterocycles. The van der Waals surface area contributed by atoms with Gasteiger partial charge in [-0.3, -0.25) is 0 Å². The SMILES string of the molecule is CC(C)COC(=O)c1ccc(OCC(O)CSc2cc(C(C)(C)C)c(O)c(C(C)(C)C)c2)cc1. The fourth-order valence-corrected chi connectivity index (χ4v) is 4.16. The topological polar surface area (TPSA) is 76.0 Å². The maximum absolute atomic E-state index is 12.0. The van der Waals surface area contributed by atoms with Crippen LogP contribution in [0.4, 0.5) is 0 Å². The number of hydrogen-bond donors (Lipinski definition) is 2. The van der Waals surface area contributed by atoms with Crippen LogP contribution in [0, 0.1) is 5.92 Å². The third-order valence-corrected chi connectivity index (χ3v) is 6.34. The van der Waals surface area contributed by atoms with Gasteiger partial charge in [0.2, 0.25) is 0 Å². The van der Waals surface area contributed by atoms with Crippen LogP contribution < -0.4 is 4.74 Å². The Balaban J connectivity index is 1.98. The summed E-state index contributed by atoms with van der Waals surface area (Å²) in [6.07, 6.45) is -0.675. The number of benzene rings is 2. The van der Waals surface area contributed by atoms with E-state index < -0.39 is 6.10 Å². The molecule has 2 aromatic rings. The highest BCUT2D eigenvalue weighted by atomic mass is 32.2. The van der Waals surface area contributed by atoms with Crippen LogP contribution in [-0.4, -0.2) is 41.3 Å². The molecule has 2 N–H and O–H groups in total. The highest BCUT2D eigenvalue weighted by Crippen LogP contribution is 2.41. The van der Waals surface area contributed by atoms with Crippen LogP contribution in [0.15, 0.2) is 41.3 Å². The van der Waals surface area contributed by atoms with Crippen molar-refractivity contribution in [2.75, 3.05) is 19.0 Å². The first-order valence-electron chi connectivity index (χ1n) is 11.8. The van der Waals surface area contributed by atoms with Crippen LogP contribution in [-0.2, 0) is 15.6 Å². The zero-order valence-corrected chi connectivity index (χ0v) is 22.6. The molecular weight excluding hydrogens is 448 g/mol. The summed E-state index contributed by atoms with van der Waals surface area (Å²) in [6.45, 7) is 17.0. The van der Waals surface area contributed by atoms with E-state index in [2.05, 4.69) is 41.5 Å².